The second-order valence-electron chi connectivity index (χ2n) is 5.46. The van der Waals surface area contributed by atoms with Gasteiger partial charge in [0.25, 0.3) is 0 Å². The maximum absolute atomic E-state index is 5.81. The number of pyridine rings is 1. The van der Waals surface area contributed by atoms with Crippen LogP contribution in [0.5, 0.6) is 0 Å². The summed E-state index contributed by atoms with van der Waals surface area (Å²) in [5.41, 5.74) is 10.4. The molecule has 2 N–H and O–H groups in total. The van der Waals surface area contributed by atoms with E-state index in [0.717, 1.165) is 17.1 Å². The van der Waals surface area contributed by atoms with Crippen LogP contribution in [0.2, 0.25) is 0 Å². The summed E-state index contributed by atoms with van der Waals surface area (Å²) in [4.78, 5) is 6.89. The van der Waals surface area contributed by atoms with E-state index in [-0.39, 0.29) is 0 Å². The van der Waals surface area contributed by atoms with E-state index in [9.17, 15) is 0 Å². The number of anilines is 2. The summed E-state index contributed by atoms with van der Waals surface area (Å²) in [7, 11) is 2.05. The van der Waals surface area contributed by atoms with Gasteiger partial charge in [0.1, 0.15) is 5.82 Å². The minimum absolute atomic E-state index is 0.394. The van der Waals surface area contributed by atoms with Crippen LogP contribution < -0.4 is 10.6 Å². The van der Waals surface area contributed by atoms with Crippen LogP contribution in [-0.4, -0.2) is 12.0 Å². The predicted octanol–water partition coefficient (Wildman–Crippen LogP) is 3.74. The maximum atomic E-state index is 5.81. The first-order chi connectivity index (χ1) is 9.52. The molecular weight excluding hydrogens is 246 g/mol. The van der Waals surface area contributed by atoms with Crippen molar-refractivity contribution in [1.29, 1.82) is 0 Å². The molecule has 0 radical (unpaired) electrons. The molecular formula is C17H23N3. The smallest absolute Gasteiger partial charge is 0.133 e. The lowest BCUT2D eigenvalue weighted by atomic mass is 10.1. The van der Waals surface area contributed by atoms with Gasteiger partial charge in [-0.1, -0.05) is 32.0 Å². The number of aromatic nitrogens is 1. The summed E-state index contributed by atoms with van der Waals surface area (Å²) in [6, 6.07) is 12.5. The fourth-order valence-electron chi connectivity index (χ4n) is 2.24. The Kier molecular flexibility index (Phi) is 4.40. The lowest BCUT2D eigenvalue weighted by Crippen LogP contribution is -2.14. The van der Waals surface area contributed by atoms with E-state index < -0.39 is 0 Å². The number of nitrogens with two attached hydrogens (primary N) is 1. The highest BCUT2D eigenvalue weighted by molar-refractivity contribution is 5.63. The van der Waals surface area contributed by atoms with Crippen molar-refractivity contribution in [3.8, 4) is 0 Å². The van der Waals surface area contributed by atoms with Crippen LogP contribution in [0, 0.1) is 6.92 Å². The number of para-hydroxylation sites is 1. The molecule has 2 aromatic rings. The number of rotatable bonds is 4. The molecule has 0 amide bonds. The molecule has 3 heteroatoms. The predicted molar refractivity (Wildman–Crippen MR) is 85.5 cm³/mol. The van der Waals surface area contributed by atoms with Gasteiger partial charge in [-0.2, -0.15) is 0 Å². The summed E-state index contributed by atoms with van der Waals surface area (Å²) >= 11 is 0. The quantitative estimate of drug-likeness (QED) is 0.919. The second kappa shape index (κ2) is 6.06. The van der Waals surface area contributed by atoms with E-state index in [0.29, 0.717) is 12.5 Å². The van der Waals surface area contributed by atoms with Crippen molar-refractivity contribution in [2.75, 3.05) is 11.9 Å². The van der Waals surface area contributed by atoms with Crippen molar-refractivity contribution >= 4 is 11.5 Å². The molecule has 1 heterocycles. The molecule has 1 aromatic carbocycles. The molecule has 3 nitrogen and oxygen atoms in total. The summed E-state index contributed by atoms with van der Waals surface area (Å²) < 4.78 is 0. The van der Waals surface area contributed by atoms with Crippen molar-refractivity contribution in [1.82, 2.24) is 4.98 Å². The first kappa shape index (κ1) is 14.5. The third-order valence-electron chi connectivity index (χ3n) is 3.54. The number of benzene rings is 1. The van der Waals surface area contributed by atoms with Gasteiger partial charge in [0.05, 0.1) is 0 Å². The van der Waals surface area contributed by atoms with Gasteiger partial charge in [-0.25, -0.2) is 4.98 Å². The zero-order valence-electron chi connectivity index (χ0n) is 12.7. The number of hydrogen-bond donors (Lipinski definition) is 1. The highest BCUT2D eigenvalue weighted by Crippen LogP contribution is 2.27. The van der Waals surface area contributed by atoms with Crippen LogP contribution >= 0.6 is 0 Å². The second-order valence-corrected chi connectivity index (χ2v) is 5.46. The van der Waals surface area contributed by atoms with Gasteiger partial charge < -0.3 is 10.6 Å². The Labute approximate surface area is 121 Å². The van der Waals surface area contributed by atoms with Crippen molar-refractivity contribution in [3.05, 3.63) is 53.2 Å². The zero-order valence-corrected chi connectivity index (χ0v) is 12.7. The van der Waals surface area contributed by atoms with Gasteiger partial charge in [-0.15, -0.1) is 0 Å². The zero-order chi connectivity index (χ0) is 14.7. The van der Waals surface area contributed by atoms with Gasteiger partial charge in [0.2, 0.25) is 0 Å². The lowest BCUT2D eigenvalue weighted by Gasteiger charge is -2.22. The Hall–Kier alpha value is -1.87. The highest BCUT2D eigenvalue weighted by Gasteiger charge is 2.11. The topological polar surface area (TPSA) is 42.1 Å². The molecule has 1 aromatic heterocycles. The van der Waals surface area contributed by atoms with Gasteiger partial charge in [0, 0.05) is 25.0 Å². The molecule has 20 heavy (non-hydrogen) atoms. The van der Waals surface area contributed by atoms with Crippen molar-refractivity contribution < 1.29 is 0 Å². The summed E-state index contributed by atoms with van der Waals surface area (Å²) in [6.07, 6.45) is 0. The summed E-state index contributed by atoms with van der Waals surface area (Å²) in [5.74, 6) is 1.34. The van der Waals surface area contributed by atoms with Gasteiger partial charge in [-0.05, 0) is 42.2 Å². The van der Waals surface area contributed by atoms with Crippen LogP contribution in [0.1, 0.15) is 36.6 Å². The Morgan fingerprint density at radius 1 is 1.20 bits per heavy atom. The average Bonchev–Trinajstić information content (AvgIpc) is 2.46. The highest BCUT2D eigenvalue weighted by atomic mass is 15.2. The number of aryl methyl sites for hydroxylation is 1. The Balaban J connectivity index is 2.46. The molecule has 0 fully saturated rings. The Bertz CT molecular complexity index is 591. The molecule has 0 saturated carbocycles. The van der Waals surface area contributed by atoms with E-state index in [1.54, 1.807) is 0 Å². The van der Waals surface area contributed by atoms with Crippen molar-refractivity contribution in [2.24, 2.45) is 5.73 Å². The molecule has 2 rings (SSSR count). The van der Waals surface area contributed by atoms with E-state index in [1.165, 1.54) is 11.3 Å². The molecule has 0 aliphatic heterocycles. The third kappa shape index (κ3) is 2.99. The van der Waals surface area contributed by atoms with E-state index in [4.69, 9.17) is 10.7 Å². The van der Waals surface area contributed by atoms with Crippen LogP contribution in [0.4, 0.5) is 11.5 Å². The van der Waals surface area contributed by atoms with Crippen LogP contribution in [0.25, 0.3) is 0 Å². The van der Waals surface area contributed by atoms with Gasteiger partial charge >= 0.3 is 0 Å². The fraction of sp³-hybridized carbons (Fsp3) is 0.353. The van der Waals surface area contributed by atoms with Crippen LogP contribution in [0.3, 0.4) is 0 Å². The van der Waals surface area contributed by atoms with E-state index in [1.807, 2.05) is 0 Å². The number of nitrogens with zero attached hydrogens (tertiary/aromatic N) is 2. The minimum Gasteiger partial charge on any atom is -0.329 e. The molecule has 106 valence electrons. The first-order valence-corrected chi connectivity index (χ1v) is 7.03. The lowest BCUT2D eigenvalue weighted by molar-refractivity contribution is 0.814. The molecule has 0 saturated heterocycles. The molecule has 0 spiro atoms. The summed E-state index contributed by atoms with van der Waals surface area (Å²) in [6.45, 7) is 6.96. The standard InChI is InChI=1S/C17H23N3/c1-12(2)15-9-14(11-18)10-17(19-15)20(4)16-8-6-5-7-13(16)3/h5-10,12H,11,18H2,1-4H3. The summed E-state index contributed by atoms with van der Waals surface area (Å²) in [5, 5.41) is 0. The van der Waals surface area contributed by atoms with Crippen molar-refractivity contribution in [2.45, 2.75) is 33.2 Å². The van der Waals surface area contributed by atoms with Gasteiger partial charge in [-0.3, -0.25) is 0 Å². The number of hydrogen-bond acceptors (Lipinski definition) is 3. The first-order valence-electron chi connectivity index (χ1n) is 7.03. The molecule has 0 aliphatic rings. The third-order valence-corrected chi connectivity index (χ3v) is 3.54. The monoisotopic (exact) mass is 269 g/mol. The van der Waals surface area contributed by atoms with Gasteiger partial charge in [0.15, 0.2) is 0 Å². The Morgan fingerprint density at radius 3 is 2.50 bits per heavy atom. The largest absolute Gasteiger partial charge is 0.329 e. The van der Waals surface area contributed by atoms with E-state index in [2.05, 4.69) is 69.1 Å². The van der Waals surface area contributed by atoms with Crippen LogP contribution in [-0.2, 0) is 6.54 Å². The average molecular weight is 269 g/mol. The minimum atomic E-state index is 0.394. The Morgan fingerprint density at radius 2 is 1.90 bits per heavy atom. The molecule has 0 unspecified atom stereocenters. The SMILES string of the molecule is Cc1ccccc1N(C)c1cc(CN)cc(C(C)C)n1. The van der Waals surface area contributed by atoms with Crippen LogP contribution in [0.15, 0.2) is 36.4 Å². The normalized spacial score (nSPS) is 10.9. The molecule has 0 aliphatic carbocycles. The molecule has 0 atom stereocenters. The van der Waals surface area contributed by atoms with Crippen molar-refractivity contribution in [3.63, 3.8) is 0 Å². The maximum Gasteiger partial charge on any atom is 0.133 e. The molecule has 0 bridgehead atoms. The van der Waals surface area contributed by atoms with E-state index >= 15 is 0 Å². The fourth-order valence-corrected chi connectivity index (χ4v) is 2.24.